The van der Waals surface area contributed by atoms with Gasteiger partial charge in [-0.2, -0.15) is 0 Å². The summed E-state index contributed by atoms with van der Waals surface area (Å²) in [6.07, 6.45) is -4.81. The molecular formula is C16H19F4NO3. The predicted octanol–water partition coefficient (Wildman–Crippen LogP) is 3.41. The third kappa shape index (κ3) is 4.59. The highest BCUT2D eigenvalue weighted by Gasteiger charge is 2.58. The Morgan fingerprint density at radius 3 is 2.58 bits per heavy atom. The van der Waals surface area contributed by atoms with Crippen LogP contribution < -0.4 is 10.1 Å². The van der Waals surface area contributed by atoms with Crippen molar-refractivity contribution in [3.63, 3.8) is 0 Å². The maximum absolute atomic E-state index is 14.0. The summed E-state index contributed by atoms with van der Waals surface area (Å²) in [4.78, 5) is 12.0. The molecule has 134 valence electrons. The van der Waals surface area contributed by atoms with E-state index in [0.717, 1.165) is 12.1 Å². The average molecular weight is 349 g/mol. The fourth-order valence-electron chi connectivity index (χ4n) is 2.48. The highest BCUT2D eigenvalue weighted by atomic mass is 19.4. The topological polar surface area (TPSA) is 58.6 Å². The quantitative estimate of drug-likeness (QED) is 0.774. The highest BCUT2D eigenvalue weighted by Crippen LogP contribution is 2.49. The normalized spacial score (nSPS) is 20.0. The molecule has 1 unspecified atom stereocenters. The number of carbonyl (C=O) groups is 1. The number of halogens is 4. The van der Waals surface area contributed by atoms with Gasteiger partial charge in [-0.3, -0.25) is 4.79 Å². The second-order valence-corrected chi connectivity index (χ2v) is 6.33. The second-order valence-electron chi connectivity index (χ2n) is 6.33. The van der Waals surface area contributed by atoms with Crippen molar-refractivity contribution in [3.8, 4) is 5.75 Å². The van der Waals surface area contributed by atoms with Crippen molar-refractivity contribution >= 4 is 5.91 Å². The van der Waals surface area contributed by atoms with E-state index < -0.39 is 41.8 Å². The summed E-state index contributed by atoms with van der Waals surface area (Å²) in [7, 11) is 0. The van der Waals surface area contributed by atoms with Crippen molar-refractivity contribution < 1.29 is 32.2 Å². The van der Waals surface area contributed by atoms with Crippen LogP contribution in [-0.2, 0) is 4.79 Å². The van der Waals surface area contributed by atoms with Crippen LogP contribution in [0.1, 0.15) is 44.7 Å². The van der Waals surface area contributed by atoms with Gasteiger partial charge in [0, 0.05) is 0 Å². The maximum atomic E-state index is 14.0. The number of benzene rings is 1. The van der Waals surface area contributed by atoms with Crippen LogP contribution in [0.5, 0.6) is 5.75 Å². The third-order valence-electron chi connectivity index (χ3n) is 4.13. The van der Waals surface area contributed by atoms with Gasteiger partial charge in [-0.1, -0.05) is 12.1 Å². The molecule has 1 amide bonds. The number of aliphatic hydroxyl groups is 1. The van der Waals surface area contributed by atoms with Gasteiger partial charge in [0.05, 0.1) is 12.5 Å². The van der Waals surface area contributed by atoms with Gasteiger partial charge >= 0.3 is 6.36 Å². The molecule has 1 fully saturated rings. The molecule has 1 saturated carbocycles. The lowest BCUT2D eigenvalue weighted by atomic mass is 9.93. The molecule has 2 atom stereocenters. The number of rotatable bonds is 6. The minimum atomic E-state index is -4.80. The molecule has 0 heterocycles. The Labute approximate surface area is 136 Å². The molecule has 24 heavy (non-hydrogen) atoms. The first-order valence-corrected chi connectivity index (χ1v) is 7.48. The van der Waals surface area contributed by atoms with E-state index in [2.05, 4.69) is 10.1 Å². The molecule has 0 spiro atoms. The van der Waals surface area contributed by atoms with Crippen LogP contribution in [0.15, 0.2) is 24.3 Å². The Morgan fingerprint density at radius 1 is 1.42 bits per heavy atom. The largest absolute Gasteiger partial charge is 0.573 e. The van der Waals surface area contributed by atoms with E-state index in [1.807, 2.05) is 0 Å². The lowest BCUT2D eigenvalue weighted by molar-refractivity contribution is -0.274. The highest BCUT2D eigenvalue weighted by molar-refractivity contribution is 5.77. The lowest BCUT2D eigenvalue weighted by Gasteiger charge is -2.27. The molecule has 2 N–H and O–H groups in total. The zero-order chi connectivity index (χ0) is 18.2. The Bertz CT molecular complexity index is 612. The molecule has 0 aliphatic heterocycles. The Kier molecular flexibility index (Phi) is 4.81. The van der Waals surface area contributed by atoms with Gasteiger partial charge < -0.3 is 15.2 Å². The van der Waals surface area contributed by atoms with Crippen LogP contribution in [0.4, 0.5) is 17.6 Å². The SMILES string of the molecule is CC(NC(=O)C[C@](C)(O)C1(F)CC1)c1cccc(OC(F)(F)F)c1. The van der Waals surface area contributed by atoms with Crippen LogP contribution in [0.2, 0.25) is 0 Å². The molecule has 0 saturated heterocycles. The van der Waals surface area contributed by atoms with Gasteiger partial charge in [-0.05, 0) is 44.4 Å². The smallest absolute Gasteiger partial charge is 0.406 e. The minimum Gasteiger partial charge on any atom is -0.406 e. The molecule has 1 aromatic rings. The maximum Gasteiger partial charge on any atom is 0.573 e. The Morgan fingerprint density at radius 2 is 2.04 bits per heavy atom. The molecule has 0 bridgehead atoms. The van der Waals surface area contributed by atoms with Crippen LogP contribution in [-0.4, -0.2) is 28.6 Å². The molecular weight excluding hydrogens is 330 g/mol. The van der Waals surface area contributed by atoms with Crippen molar-refractivity contribution in [3.05, 3.63) is 29.8 Å². The molecule has 1 aromatic carbocycles. The van der Waals surface area contributed by atoms with Crippen molar-refractivity contribution in [1.29, 1.82) is 0 Å². The fourth-order valence-corrected chi connectivity index (χ4v) is 2.48. The number of ether oxygens (including phenoxy) is 1. The molecule has 1 aliphatic rings. The van der Waals surface area contributed by atoms with Crippen molar-refractivity contribution in [1.82, 2.24) is 5.32 Å². The summed E-state index contributed by atoms with van der Waals surface area (Å²) in [5, 5.41) is 12.6. The van der Waals surface area contributed by atoms with E-state index in [1.165, 1.54) is 19.1 Å². The molecule has 8 heteroatoms. The number of hydrogen-bond acceptors (Lipinski definition) is 3. The van der Waals surface area contributed by atoms with E-state index in [-0.39, 0.29) is 12.8 Å². The van der Waals surface area contributed by atoms with Gasteiger partial charge in [-0.15, -0.1) is 13.2 Å². The van der Waals surface area contributed by atoms with Crippen LogP contribution in [0.25, 0.3) is 0 Å². The van der Waals surface area contributed by atoms with E-state index >= 15 is 0 Å². The molecule has 0 aromatic heterocycles. The first-order valence-electron chi connectivity index (χ1n) is 7.48. The Hall–Kier alpha value is -1.83. The monoisotopic (exact) mass is 349 g/mol. The number of nitrogens with one attached hydrogen (secondary N) is 1. The van der Waals surface area contributed by atoms with Gasteiger partial charge in [0.2, 0.25) is 5.91 Å². The predicted molar refractivity (Wildman–Crippen MR) is 78.0 cm³/mol. The number of hydrogen-bond donors (Lipinski definition) is 2. The zero-order valence-electron chi connectivity index (χ0n) is 13.3. The standard InChI is InChI=1S/C16H19F4NO3/c1-10(11-4-3-5-12(8-11)24-16(18,19)20)21-13(22)9-14(2,23)15(17)6-7-15/h3-5,8,10,23H,6-7,9H2,1-2H3,(H,21,22)/t10?,14-/m0/s1. The summed E-state index contributed by atoms with van der Waals surface area (Å²) in [6.45, 7) is 2.84. The van der Waals surface area contributed by atoms with Crippen molar-refractivity contribution in [2.75, 3.05) is 0 Å². The third-order valence-corrected chi connectivity index (χ3v) is 4.13. The van der Waals surface area contributed by atoms with Crippen LogP contribution in [0.3, 0.4) is 0 Å². The van der Waals surface area contributed by atoms with E-state index in [9.17, 15) is 27.5 Å². The summed E-state index contributed by atoms with van der Waals surface area (Å²) in [5.41, 5.74) is -3.11. The van der Waals surface area contributed by atoms with E-state index in [1.54, 1.807) is 6.92 Å². The lowest BCUT2D eigenvalue weighted by Crippen LogP contribution is -2.43. The number of amides is 1. The number of alkyl halides is 4. The number of carbonyl (C=O) groups excluding carboxylic acids is 1. The molecule has 0 radical (unpaired) electrons. The first kappa shape index (κ1) is 18.5. The minimum absolute atomic E-state index is 0.208. The Balaban J connectivity index is 1.98. The second kappa shape index (κ2) is 6.23. The molecule has 4 nitrogen and oxygen atoms in total. The molecule has 1 aliphatic carbocycles. The van der Waals surface area contributed by atoms with Crippen molar-refractivity contribution in [2.24, 2.45) is 0 Å². The van der Waals surface area contributed by atoms with Crippen LogP contribution >= 0.6 is 0 Å². The zero-order valence-corrected chi connectivity index (χ0v) is 13.3. The fraction of sp³-hybridized carbons (Fsp3) is 0.562. The van der Waals surface area contributed by atoms with E-state index in [4.69, 9.17) is 0 Å². The summed E-state index contributed by atoms with van der Waals surface area (Å²) < 4.78 is 54.5. The van der Waals surface area contributed by atoms with Crippen LogP contribution in [0, 0.1) is 0 Å². The van der Waals surface area contributed by atoms with Gasteiger partial charge in [0.1, 0.15) is 17.0 Å². The van der Waals surface area contributed by atoms with Gasteiger partial charge in [0.15, 0.2) is 0 Å². The first-order chi connectivity index (χ1) is 10.9. The van der Waals surface area contributed by atoms with Gasteiger partial charge in [0.25, 0.3) is 0 Å². The average Bonchev–Trinajstić information content (AvgIpc) is 3.16. The molecule has 2 rings (SSSR count). The van der Waals surface area contributed by atoms with E-state index in [0.29, 0.717) is 5.56 Å². The summed E-state index contributed by atoms with van der Waals surface area (Å²) in [6, 6.07) is 4.59. The summed E-state index contributed by atoms with van der Waals surface area (Å²) in [5.74, 6) is -0.979. The van der Waals surface area contributed by atoms with Crippen molar-refractivity contribution in [2.45, 2.75) is 56.8 Å². The van der Waals surface area contributed by atoms with Gasteiger partial charge in [-0.25, -0.2) is 4.39 Å². The summed E-state index contributed by atoms with van der Waals surface area (Å²) >= 11 is 0.